The van der Waals surface area contributed by atoms with Crippen LogP contribution in [-0.2, 0) is 14.9 Å². The second-order valence-corrected chi connectivity index (χ2v) is 6.40. The minimum atomic E-state index is -1.70. The second kappa shape index (κ2) is 5.34. The molecule has 3 rings (SSSR count). The predicted molar refractivity (Wildman–Crippen MR) is 91.4 cm³/mol. The first kappa shape index (κ1) is 18.0. The van der Waals surface area contributed by atoms with Crippen molar-refractivity contribution in [3.8, 4) is 23.6 Å². The molecule has 0 spiro atoms. The number of ether oxygens (including phenoxy) is 4. The molecule has 0 radical (unpaired) electrons. The number of nitrogens with two attached hydrogens (primary N) is 1. The van der Waals surface area contributed by atoms with E-state index >= 15 is 0 Å². The summed E-state index contributed by atoms with van der Waals surface area (Å²) in [6.45, 7) is 1.77. The maximum atomic E-state index is 10.2. The molecule has 1 fully saturated rings. The van der Waals surface area contributed by atoms with Crippen LogP contribution in [0.5, 0.6) is 11.5 Å². The van der Waals surface area contributed by atoms with E-state index in [-0.39, 0.29) is 5.84 Å². The molecule has 1 heterocycles. The smallest absolute Gasteiger partial charge is 0.293 e. The normalized spacial score (nSPS) is 33.4. The molecule has 0 aromatic heterocycles. The highest BCUT2D eigenvalue weighted by molar-refractivity contribution is 6.02. The average Bonchev–Trinajstić information content (AvgIpc) is 3.09. The maximum Gasteiger partial charge on any atom is 0.293 e. The fraction of sp³-hybridized carbons (Fsp3) is 0.500. The summed E-state index contributed by atoms with van der Waals surface area (Å²) >= 11 is 0. The third kappa shape index (κ3) is 1.45. The Morgan fingerprint density at radius 1 is 1.04 bits per heavy atom. The van der Waals surface area contributed by atoms with Crippen molar-refractivity contribution in [1.82, 2.24) is 0 Å². The van der Waals surface area contributed by atoms with Gasteiger partial charge in [0.2, 0.25) is 0 Å². The minimum Gasteiger partial charge on any atom is -0.497 e. The van der Waals surface area contributed by atoms with Gasteiger partial charge in [0.25, 0.3) is 5.91 Å². The first-order chi connectivity index (χ1) is 12.4. The van der Waals surface area contributed by atoms with Crippen molar-refractivity contribution in [3.05, 3.63) is 23.8 Å². The molecule has 1 aliphatic carbocycles. The molecule has 3 atom stereocenters. The SMILES string of the molecule is COc1ccc(OC)c([C@]2(C)[C@]3(C#N)C(N)=NC(OC)(OC)[C@@]32C#N)c1. The average molecular weight is 356 g/mol. The Morgan fingerprint density at radius 2 is 1.69 bits per heavy atom. The Kier molecular flexibility index (Phi) is 3.70. The number of benzene rings is 1. The van der Waals surface area contributed by atoms with Crippen LogP contribution in [0.3, 0.4) is 0 Å². The van der Waals surface area contributed by atoms with Crippen LogP contribution in [0.4, 0.5) is 0 Å². The van der Waals surface area contributed by atoms with Crippen molar-refractivity contribution in [2.75, 3.05) is 28.4 Å². The van der Waals surface area contributed by atoms with Crippen molar-refractivity contribution in [1.29, 1.82) is 10.5 Å². The lowest BCUT2D eigenvalue weighted by Gasteiger charge is -2.32. The molecule has 0 unspecified atom stereocenters. The molecule has 136 valence electrons. The topological polar surface area (TPSA) is 123 Å². The van der Waals surface area contributed by atoms with Crippen molar-refractivity contribution in [2.24, 2.45) is 21.6 Å². The Bertz CT molecular complexity index is 882. The van der Waals surface area contributed by atoms with Crippen molar-refractivity contribution < 1.29 is 18.9 Å². The summed E-state index contributed by atoms with van der Waals surface area (Å²) in [5.74, 6) is -0.646. The summed E-state index contributed by atoms with van der Waals surface area (Å²) in [7, 11) is 5.79. The number of amidine groups is 1. The van der Waals surface area contributed by atoms with Crippen LogP contribution in [0.1, 0.15) is 12.5 Å². The second-order valence-electron chi connectivity index (χ2n) is 6.40. The van der Waals surface area contributed by atoms with Gasteiger partial charge in [0.05, 0.1) is 31.8 Å². The monoisotopic (exact) mass is 356 g/mol. The number of rotatable bonds is 5. The third-order valence-corrected chi connectivity index (χ3v) is 5.96. The zero-order chi connectivity index (χ0) is 19.4. The van der Waals surface area contributed by atoms with Gasteiger partial charge in [0.15, 0.2) is 10.8 Å². The van der Waals surface area contributed by atoms with Crippen LogP contribution < -0.4 is 15.2 Å². The van der Waals surface area contributed by atoms with Crippen LogP contribution in [0.15, 0.2) is 23.2 Å². The first-order valence-corrected chi connectivity index (χ1v) is 7.87. The minimum absolute atomic E-state index is 0.00220. The molecule has 26 heavy (non-hydrogen) atoms. The fourth-order valence-corrected chi connectivity index (χ4v) is 4.65. The van der Waals surface area contributed by atoms with Crippen LogP contribution in [0, 0.1) is 33.5 Å². The Hall–Kier alpha value is -2.81. The highest BCUT2D eigenvalue weighted by Crippen LogP contribution is 2.85. The molecule has 1 saturated carbocycles. The molecule has 0 saturated heterocycles. The fourth-order valence-electron chi connectivity index (χ4n) is 4.65. The molecule has 2 N–H and O–H groups in total. The summed E-state index contributed by atoms with van der Waals surface area (Å²) < 4.78 is 21.8. The van der Waals surface area contributed by atoms with E-state index in [1.807, 2.05) is 0 Å². The van der Waals surface area contributed by atoms with Gasteiger partial charge in [-0.1, -0.05) is 6.92 Å². The molecular weight excluding hydrogens is 336 g/mol. The summed E-state index contributed by atoms with van der Waals surface area (Å²) in [5.41, 5.74) is 2.75. The lowest BCUT2D eigenvalue weighted by molar-refractivity contribution is -0.233. The van der Waals surface area contributed by atoms with Crippen LogP contribution >= 0.6 is 0 Å². The number of hydrogen-bond acceptors (Lipinski definition) is 8. The Labute approximate surface area is 151 Å². The van der Waals surface area contributed by atoms with Gasteiger partial charge in [-0.2, -0.15) is 10.5 Å². The van der Waals surface area contributed by atoms with Crippen LogP contribution in [0.25, 0.3) is 0 Å². The van der Waals surface area contributed by atoms with Gasteiger partial charge < -0.3 is 24.7 Å². The largest absolute Gasteiger partial charge is 0.497 e. The van der Waals surface area contributed by atoms with Crippen LogP contribution in [-0.4, -0.2) is 40.2 Å². The number of nitrogens with zero attached hydrogens (tertiary/aromatic N) is 3. The first-order valence-electron chi connectivity index (χ1n) is 7.87. The van der Waals surface area contributed by atoms with Gasteiger partial charge >= 0.3 is 0 Å². The number of nitriles is 2. The molecule has 0 bridgehead atoms. The van der Waals surface area contributed by atoms with Crippen molar-refractivity contribution >= 4 is 5.84 Å². The van der Waals surface area contributed by atoms with Crippen molar-refractivity contribution in [3.63, 3.8) is 0 Å². The van der Waals surface area contributed by atoms with E-state index in [0.717, 1.165) is 0 Å². The van der Waals surface area contributed by atoms with Gasteiger partial charge in [-0.25, -0.2) is 4.99 Å². The number of hydrogen-bond donors (Lipinski definition) is 1. The lowest BCUT2D eigenvalue weighted by Crippen LogP contribution is -2.44. The summed E-state index contributed by atoms with van der Waals surface area (Å²) in [6, 6.07) is 9.66. The maximum absolute atomic E-state index is 10.2. The van der Waals surface area contributed by atoms with Gasteiger partial charge in [-0.15, -0.1) is 0 Å². The quantitative estimate of drug-likeness (QED) is 0.789. The molecular formula is C18H20N4O4. The molecule has 1 aromatic carbocycles. The number of aliphatic imine (C=N–C) groups is 1. The van der Waals surface area contributed by atoms with E-state index in [1.54, 1.807) is 25.1 Å². The van der Waals surface area contributed by atoms with E-state index < -0.39 is 22.2 Å². The number of fused-ring (bicyclic) bond motifs is 1. The van der Waals surface area contributed by atoms with Gasteiger partial charge in [-0.3, -0.25) is 0 Å². The van der Waals surface area contributed by atoms with Gasteiger partial charge in [0.1, 0.15) is 17.3 Å². The standard InChI is InChI=1S/C18H20N4O4/c1-15(12-8-11(23-2)6-7-13(12)24-3)16(9-19)14(21)22-18(25-4,26-5)17(15,16)10-20/h6-8H,1-5H3,(H2,21,22)/t15-,16+,17-/m1/s1. The van der Waals surface area contributed by atoms with Gasteiger partial charge in [0, 0.05) is 19.8 Å². The predicted octanol–water partition coefficient (Wildman–Crippen LogP) is 1.31. The molecule has 1 aliphatic heterocycles. The van der Waals surface area contributed by atoms with E-state index in [2.05, 4.69) is 17.1 Å². The molecule has 8 heteroatoms. The van der Waals surface area contributed by atoms with Gasteiger partial charge in [-0.05, 0) is 18.2 Å². The van der Waals surface area contributed by atoms with E-state index in [4.69, 9.17) is 24.7 Å². The van der Waals surface area contributed by atoms with E-state index in [9.17, 15) is 10.5 Å². The lowest BCUT2D eigenvalue weighted by atomic mass is 9.84. The summed E-state index contributed by atoms with van der Waals surface area (Å²) in [5, 5.41) is 20.3. The molecule has 2 aliphatic rings. The summed E-state index contributed by atoms with van der Waals surface area (Å²) in [4.78, 5) is 4.23. The third-order valence-electron chi connectivity index (χ3n) is 5.96. The summed E-state index contributed by atoms with van der Waals surface area (Å²) in [6.07, 6.45) is 0. The Morgan fingerprint density at radius 3 is 2.15 bits per heavy atom. The molecule has 8 nitrogen and oxygen atoms in total. The molecule has 1 aromatic rings. The Balaban J connectivity index is 2.39. The highest BCUT2D eigenvalue weighted by Gasteiger charge is 3.00. The van der Waals surface area contributed by atoms with E-state index in [0.29, 0.717) is 17.1 Å². The molecule has 0 amide bonds. The van der Waals surface area contributed by atoms with E-state index in [1.165, 1.54) is 28.4 Å². The van der Waals surface area contributed by atoms with Crippen molar-refractivity contribution in [2.45, 2.75) is 18.2 Å². The zero-order valence-electron chi connectivity index (χ0n) is 15.3. The van der Waals surface area contributed by atoms with Crippen LogP contribution in [0.2, 0.25) is 0 Å². The zero-order valence-corrected chi connectivity index (χ0v) is 15.3. The number of methoxy groups -OCH3 is 4. The highest BCUT2D eigenvalue weighted by atomic mass is 16.7.